The summed E-state index contributed by atoms with van der Waals surface area (Å²) in [5, 5.41) is 6.10. The van der Waals surface area contributed by atoms with Crippen molar-refractivity contribution in [2.75, 3.05) is 11.4 Å². The Morgan fingerprint density at radius 2 is 1.72 bits per heavy atom. The molecule has 0 spiro atoms. The van der Waals surface area contributed by atoms with Gasteiger partial charge in [0.25, 0.3) is 0 Å². The molecule has 1 saturated carbocycles. The fraction of sp³-hybridized carbons (Fsp3) is 0.321. The molecule has 0 bridgehead atoms. The quantitative estimate of drug-likeness (QED) is 0.455. The number of anilines is 1. The molecule has 36 heavy (non-hydrogen) atoms. The van der Waals surface area contributed by atoms with Crippen LogP contribution in [0.5, 0.6) is 0 Å². The highest BCUT2D eigenvalue weighted by Gasteiger charge is 2.35. The summed E-state index contributed by atoms with van der Waals surface area (Å²) in [7, 11) is 0. The first-order valence-electron chi connectivity index (χ1n) is 12.2. The minimum absolute atomic E-state index is 0.0465. The molecule has 2 aromatic carbocycles. The molecule has 188 valence electrons. The average Bonchev–Trinajstić information content (AvgIpc) is 2.89. The number of amides is 2. The van der Waals surface area contributed by atoms with Crippen LogP contribution in [0.4, 0.5) is 14.5 Å². The summed E-state index contributed by atoms with van der Waals surface area (Å²) in [6.07, 6.45) is 8.08. The number of aromatic nitrogens is 1. The summed E-state index contributed by atoms with van der Waals surface area (Å²) >= 11 is 0. The Balaban J connectivity index is 1.66. The lowest BCUT2D eigenvalue weighted by Gasteiger charge is -2.33. The molecule has 1 aliphatic rings. The highest BCUT2D eigenvalue weighted by molar-refractivity contribution is 6.02. The van der Waals surface area contributed by atoms with Crippen molar-refractivity contribution in [1.82, 2.24) is 15.6 Å². The second kappa shape index (κ2) is 12.4. The minimum atomic E-state index is -1.30. The van der Waals surface area contributed by atoms with Gasteiger partial charge in [0.2, 0.25) is 11.8 Å². The van der Waals surface area contributed by atoms with Crippen LogP contribution >= 0.6 is 0 Å². The Morgan fingerprint density at radius 3 is 2.44 bits per heavy atom. The summed E-state index contributed by atoms with van der Waals surface area (Å²) in [5.41, 5.74) is 1.16. The number of rotatable bonds is 9. The van der Waals surface area contributed by atoms with Gasteiger partial charge < -0.3 is 10.6 Å². The molecule has 2 amide bonds. The number of halogens is 2. The van der Waals surface area contributed by atoms with Gasteiger partial charge in [0, 0.05) is 36.2 Å². The van der Waals surface area contributed by atoms with Gasteiger partial charge in [-0.2, -0.15) is 0 Å². The maximum atomic E-state index is 15.1. The van der Waals surface area contributed by atoms with Crippen LogP contribution in [-0.4, -0.2) is 29.4 Å². The van der Waals surface area contributed by atoms with Crippen molar-refractivity contribution in [3.05, 3.63) is 95.8 Å². The number of hydrogen-bond donors (Lipinski definition) is 2. The molecule has 1 atom stereocenters. The first-order chi connectivity index (χ1) is 17.5. The molecule has 1 aromatic heterocycles. The lowest BCUT2D eigenvalue weighted by atomic mass is 9.94. The number of hydrogen-bond acceptors (Lipinski definition) is 4. The van der Waals surface area contributed by atoms with Crippen LogP contribution in [0.15, 0.2) is 73.1 Å². The molecule has 1 fully saturated rings. The van der Waals surface area contributed by atoms with Gasteiger partial charge in [-0.25, -0.2) is 8.78 Å². The van der Waals surface area contributed by atoms with Crippen molar-refractivity contribution in [3.63, 3.8) is 0 Å². The molecule has 0 radical (unpaired) electrons. The van der Waals surface area contributed by atoms with Crippen molar-refractivity contribution in [2.24, 2.45) is 0 Å². The Bertz CT molecular complexity index is 1170. The SMILES string of the molecule is O=C(NC1CCCCC1)C(c1ccccc1F)N(C(=O)CNCc1ccncc1)c1cccc(F)c1. The van der Waals surface area contributed by atoms with Crippen molar-refractivity contribution < 1.29 is 18.4 Å². The van der Waals surface area contributed by atoms with Gasteiger partial charge in [0.1, 0.15) is 17.7 Å². The van der Waals surface area contributed by atoms with Crippen LogP contribution in [0, 0.1) is 11.6 Å². The monoisotopic (exact) mass is 492 g/mol. The first kappa shape index (κ1) is 25.4. The first-order valence-corrected chi connectivity index (χ1v) is 12.2. The summed E-state index contributed by atoms with van der Waals surface area (Å²) in [4.78, 5) is 32.4. The third kappa shape index (κ3) is 6.51. The van der Waals surface area contributed by atoms with E-state index in [1.165, 1.54) is 41.3 Å². The molecule has 3 aromatic rings. The lowest BCUT2D eigenvalue weighted by molar-refractivity contribution is -0.127. The van der Waals surface area contributed by atoms with E-state index in [0.717, 1.165) is 37.7 Å². The second-order valence-electron chi connectivity index (χ2n) is 8.97. The summed E-state index contributed by atoms with van der Waals surface area (Å²) in [5.74, 6) is -2.14. The number of carbonyl (C=O) groups excluding carboxylic acids is 2. The minimum Gasteiger partial charge on any atom is -0.351 e. The van der Waals surface area contributed by atoms with E-state index in [1.807, 2.05) is 12.1 Å². The Labute approximate surface area is 209 Å². The Morgan fingerprint density at radius 1 is 0.972 bits per heavy atom. The lowest BCUT2D eigenvalue weighted by Crippen LogP contribution is -2.49. The summed E-state index contributed by atoms with van der Waals surface area (Å²) in [6.45, 7) is 0.254. The second-order valence-corrected chi connectivity index (χ2v) is 8.97. The van der Waals surface area contributed by atoms with E-state index < -0.39 is 29.5 Å². The smallest absolute Gasteiger partial charge is 0.248 e. The molecule has 1 heterocycles. The van der Waals surface area contributed by atoms with E-state index in [9.17, 15) is 14.0 Å². The zero-order valence-electron chi connectivity index (χ0n) is 20.0. The number of nitrogens with one attached hydrogen (secondary N) is 2. The van der Waals surface area contributed by atoms with Crippen LogP contribution in [0.2, 0.25) is 0 Å². The standard InChI is InChI=1S/C28H30F2N4O2/c29-21-7-6-10-23(17-21)34(26(35)19-32-18-20-13-15-31-16-14-20)27(24-11-4-5-12-25(24)30)28(36)33-22-8-2-1-3-9-22/h4-7,10-17,22,27,32H,1-3,8-9,18-19H2,(H,33,36). The fourth-order valence-electron chi connectivity index (χ4n) is 4.58. The van der Waals surface area contributed by atoms with Gasteiger partial charge in [0.05, 0.1) is 6.54 Å². The Kier molecular flexibility index (Phi) is 8.73. The number of carbonyl (C=O) groups is 2. The molecular weight excluding hydrogens is 462 g/mol. The van der Waals surface area contributed by atoms with E-state index in [0.29, 0.717) is 6.54 Å². The van der Waals surface area contributed by atoms with E-state index in [1.54, 1.807) is 24.5 Å². The molecule has 1 aliphatic carbocycles. The van der Waals surface area contributed by atoms with Gasteiger partial charge in [0.15, 0.2) is 0 Å². The van der Waals surface area contributed by atoms with E-state index in [4.69, 9.17) is 0 Å². The van der Waals surface area contributed by atoms with Gasteiger partial charge in [-0.15, -0.1) is 0 Å². The number of pyridine rings is 1. The van der Waals surface area contributed by atoms with Crippen molar-refractivity contribution in [1.29, 1.82) is 0 Å². The highest BCUT2D eigenvalue weighted by Crippen LogP contribution is 2.31. The maximum Gasteiger partial charge on any atom is 0.248 e. The molecule has 2 N–H and O–H groups in total. The molecule has 1 unspecified atom stereocenters. The largest absolute Gasteiger partial charge is 0.351 e. The van der Waals surface area contributed by atoms with Gasteiger partial charge in [-0.1, -0.05) is 43.5 Å². The van der Waals surface area contributed by atoms with Crippen molar-refractivity contribution in [2.45, 2.75) is 50.7 Å². The van der Waals surface area contributed by atoms with Crippen molar-refractivity contribution in [3.8, 4) is 0 Å². The van der Waals surface area contributed by atoms with E-state index in [-0.39, 0.29) is 23.8 Å². The zero-order chi connectivity index (χ0) is 25.3. The fourth-order valence-corrected chi connectivity index (χ4v) is 4.58. The van der Waals surface area contributed by atoms with Crippen LogP contribution in [-0.2, 0) is 16.1 Å². The van der Waals surface area contributed by atoms with Crippen LogP contribution in [0.3, 0.4) is 0 Å². The van der Waals surface area contributed by atoms with Gasteiger partial charge in [-0.3, -0.25) is 19.5 Å². The highest BCUT2D eigenvalue weighted by atomic mass is 19.1. The number of nitrogens with zero attached hydrogens (tertiary/aromatic N) is 2. The summed E-state index contributed by atoms with van der Waals surface area (Å²) in [6, 6.07) is 13.6. The predicted octanol–water partition coefficient (Wildman–Crippen LogP) is 4.67. The molecule has 6 nitrogen and oxygen atoms in total. The molecule has 0 saturated heterocycles. The molecule has 0 aliphatic heterocycles. The Hall–Kier alpha value is -3.65. The third-order valence-electron chi connectivity index (χ3n) is 6.37. The zero-order valence-corrected chi connectivity index (χ0v) is 20.0. The van der Waals surface area contributed by atoms with Crippen LogP contribution in [0.25, 0.3) is 0 Å². The summed E-state index contributed by atoms with van der Waals surface area (Å²) < 4.78 is 29.3. The third-order valence-corrected chi connectivity index (χ3v) is 6.37. The van der Waals surface area contributed by atoms with Crippen LogP contribution < -0.4 is 15.5 Å². The predicted molar refractivity (Wildman–Crippen MR) is 134 cm³/mol. The molecule has 8 heteroatoms. The molecular formula is C28H30F2N4O2. The van der Waals surface area contributed by atoms with Crippen LogP contribution in [0.1, 0.15) is 49.3 Å². The van der Waals surface area contributed by atoms with E-state index in [2.05, 4.69) is 15.6 Å². The maximum absolute atomic E-state index is 15.1. The van der Waals surface area contributed by atoms with E-state index >= 15 is 4.39 Å². The van der Waals surface area contributed by atoms with Gasteiger partial charge >= 0.3 is 0 Å². The normalized spacial score (nSPS) is 14.7. The number of benzene rings is 2. The van der Waals surface area contributed by atoms with Crippen molar-refractivity contribution >= 4 is 17.5 Å². The van der Waals surface area contributed by atoms with Gasteiger partial charge in [-0.05, 0) is 54.8 Å². The topological polar surface area (TPSA) is 74.3 Å². The molecule has 4 rings (SSSR count). The average molecular weight is 493 g/mol.